The van der Waals surface area contributed by atoms with Crippen LogP contribution in [0.15, 0.2) is 47.8 Å². The first-order chi connectivity index (χ1) is 11.0. The lowest BCUT2D eigenvalue weighted by Gasteiger charge is -2.08. The summed E-state index contributed by atoms with van der Waals surface area (Å²) in [4.78, 5) is 14.6. The van der Waals surface area contributed by atoms with Gasteiger partial charge in [0.2, 0.25) is 0 Å². The summed E-state index contributed by atoms with van der Waals surface area (Å²) in [7, 11) is 3.77. The number of carbonyl (C=O) groups is 1. The average Bonchev–Trinajstić information content (AvgIpc) is 2.87. The van der Waals surface area contributed by atoms with Crippen molar-refractivity contribution >= 4 is 27.9 Å². The molecule has 1 N–H and O–H groups in total. The Labute approximate surface area is 134 Å². The van der Waals surface area contributed by atoms with Gasteiger partial charge in [0.25, 0.3) is 0 Å². The van der Waals surface area contributed by atoms with E-state index in [1.54, 1.807) is 6.92 Å². The Morgan fingerprint density at radius 2 is 2.00 bits per heavy atom. The van der Waals surface area contributed by atoms with Crippen molar-refractivity contribution in [1.82, 2.24) is 9.30 Å². The van der Waals surface area contributed by atoms with E-state index in [-0.39, 0.29) is 5.78 Å². The number of Topliss-reactive ketones (excluding diaryl/α,β-unsaturated/α-hetero) is 1. The summed E-state index contributed by atoms with van der Waals surface area (Å²) in [5.74, 6) is 0.0917. The molecule has 0 saturated heterocycles. The first kappa shape index (κ1) is 15.2. The first-order valence-electron chi connectivity index (χ1n) is 7.42. The molecule has 3 rings (SSSR count). The molecule has 0 saturated carbocycles. The quantitative estimate of drug-likeness (QED) is 0.349. The number of likely N-dealkylation sites (N-methyl/N-ethyl adjacent to an activating group) is 1. The highest BCUT2D eigenvalue weighted by molar-refractivity contribution is 6.16. The van der Waals surface area contributed by atoms with Crippen LogP contribution < -0.4 is 0 Å². The molecule has 0 aliphatic carbocycles. The number of fused-ring (bicyclic) bond motifs is 3. The van der Waals surface area contributed by atoms with Crippen LogP contribution in [0.4, 0.5) is 0 Å². The summed E-state index contributed by atoms with van der Waals surface area (Å²) in [6.07, 6.45) is 1.94. The van der Waals surface area contributed by atoms with Gasteiger partial charge in [-0.25, -0.2) is 0 Å². The van der Waals surface area contributed by atoms with Crippen LogP contribution >= 0.6 is 0 Å². The number of carbonyl (C=O) groups excluding carboxylic acids is 1. The zero-order valence-corrected chi connectivity index (χ0v) is 13.4. The predicted molar refractivity (Wildman–Crippen MR) is 91.8 cm³/mol. The van der Waals surface area contributed by atoms with Gasteiger partial charge in [0.05, 0.1) is 28.9 Å². The molecular weight excluding hydrogens is 290 g/mol. The van der Waals surface area contributed by atoms with E-state index in [9.17, 15) is 4.79 Å². The monoisotopic (exact) mass is 309 g/mol. The Morgan fingerprint density at radius 3 is 2.70 bits per heavy atom. The molecule has 0 fully saturated rings. The molecule has 2 aromatic heterocycles. The zero-order chi connectivity index (χ0) is 16.6. The normalized spacial score (nSPS) is 12.4. The van der Waals surface area contributed by atoms with Gasteiger partial charge in [-0.15, -0.1) is 0 Å². The maximum atomic E-state index is 12.7. The first-order valence-corrected chi connectivity index (χ1v) is 7.42. The third-order valence-corrected chi connectivity index (χ3v) is 3.95. The van der Waals surface area contributed by atoms with Crippen LogP contribution in [0.1, 0.15) is 22.8 Å². The van der Waals surface area contributed by atoms with Gasteiger partial charge in [-0.05, 0) is 39.2 Å². The summed E-state index contributed by atoms with van der Waals surface area (Å²) in [6, 6.07) is 11.6. The number of oxime groups is 1. The lowest BCUT2D eigenvalue weighted by atomic mass is 10.0. The maximum absolute atomic E-state index is 12.7. The van der Waals surface area contributed by atoms with Gasteiger partial charge in [-0.2, -0.15) is 0 Å². The van der Waals surface area contributed by atoms with Crippen molar-refractivity contribution < 1.29 is 10.0 Å². The van der Waals surface area contributed by atoms with Crippen molar-refractivity contribution in [1.29, 1.82) is 0 Å². The second kappa shape index (κ2) is 5.85. The van der Waals surface area contributed by atoms with Crippen molar-refractivity contribution in [2.45, 2.75) is 6.92 Å². The maximum Gasteiger partial charge on any atom is 0.179 e. The number of nitrogens with zero attached hydrogens (tertiary/aromatic N) is 3. The number of hydrogen-bond donors (Lipinski definition) is 1. The largest absolute Gasteiger partial charge is 0.411 e. The van der Waals surface area contributed by atoms with E-state index >= 15 is 0 Å². The third-order valence-electron chi connectivity index (χ3n) is 3.95. The molecule has 5 heteroatoms. The Bertz CT molecular complexity index is 923. The molecule has 118 valence electrons. The van der Waals surface area contributed by atoms with Crippen molar-refractivity contribution in [2.75, 3.05) is 20.6 Å². The Kier molecular flexibility index (Phi) is 3.88. The van der Waals surface area contributed by atoms with Crippen molar-refractivity contribution in [2.24, 2.45) is 5.16 Å². The highest BCUT2D eigenvalue weighted by Gasteiger charge is 2.18. The highest BCUT2D eigenvalue weighted by Crippen LogP contribution is 2.28. The predicted octanol–water partition coefficient (Wildman–Crippen LogP) is 3.04. The smallest absolute Gasteiger partial charge is 0.179 e. The van der Waals surface area contributed by atoms with E-state index in [0.717, 1.165) is 27.5 Å². The van der Waals surface area contributed by atoms with Gasteiger partial charge >= 0.3 is 0 Å². The molecule has 5 nitrogen and oxygen atoms in total. The molecule has 0 spiro atoms. The minimum Gasteiger partial charge on any atom is -0.411 e. The van der Waals surface area contributed by atoms with Crippen LogP contribution in [0.2, 0.25) is 0 Å². The van der Waals surface area contributed by atoms with E-state index in [1.807, 2.05) is 66.0 Å². The van der Waals surface area contributed by atoms with Crippen LogP contribution in [0.3, 0.4) is 0 Å². The summed E-state index contributed by atoms with van der Waals surface area (Å²) >= 11 is 0. The molecule has 0 aliphatic heterocycles. The SMILES string of the molecule is C/C(=N\O)c1ccc2c(C(=O)CN(C)C)c3ccccn3c2c1. The molecule has 0 aliphatic rings. The average molecular weight is 309 g/mol. The van der Waals surface area contributed by atoms with E-state index in [2.05, 4.69) is 5.16 Å². The van der Waals surface area contributed by atoms with Gasteiger partial charge in [-0.1, -0.05) is 23.4 Å². The van der Waals surface area contributed by atoms with Crippen molar-refractivity contribution in [3.05, 3.63) is 53.7 Å². The Balaban J connectivity index is 2.32. The molecule has 0 unspecified atom stereocenters. The summed E-state index contributed by atoms with van der Waals surface area (Å²) in [6.45, 7) is 2.11. The highest BCUT2D eigenvalue weighted by atomic mass is 16.4. The van der Waals surface area contributed by atoms with Gasteiger partial charge < -0.3 is 14.5 Å². The van der Waals surface area contributed by atoms with Gasteiger partial charge in [0, 0.05) is 17.1 Å². The number of hydrogen-bond acceptors (Lipinski definition) is 4. The summed E-state index contributed by atoms with van der Waals surface area (Å²) in [5, 5.41) is 13.2. The van der Waals surface area contributed by atoms with Gasteiger partial charge in [-0.3, -0.25) is 4.79 Å². The molecule has 0 amide bonds. The number of ketones is 1. The standard InChI is InChI=1S/C18H19N3O2/c1-12(19-23)13-7-8-14-16(10-13)21-9-5-4-6-15(21)18(14)17(22)11-20(2)3/h4-10,23H,11H2,1-3H3/b19-12+. The fourth-order valence-electron chi connectivity index (χ4n) is 2.88. The number of rotatable bonds is 4. The van der Waals surface area contributed by atoms with E-state index in [0.29, 0.717) is 12.3 Å². The molecule has 1 aromatic carbocycles. The van der Waals surface area contributed by atoms with E-state index in [4.69, 9.17) is 5.21 Å². The van der Waals surface area contributed by atoms with E-state index in [1.165, 1.54) is 0 Å². The number of aromatic nitrogens is 1. The Hall–Kier alpha value is -2.66. The minimum atomic E-state index is 0.0917. The molecule has 3 aromatic rings. The Morgan fingerprint density at radius 1 is 1.22 bits per heavy atom. The number of pyridine rings is 1. The lowest BCUT2D eigenvalue weighted by Crippen LogP contribution is -2.21. The minimum absolute atomic E-state index is 0.0917. The van der Waals surface area contributed by atoms with Crippen LogP contribution in [0, 0.1) is 0 Å². The summed E-state index contributed by atoms with van der Waals surface area (Å²) < 4.78 is 2.01. The topological polar surface area (TPSA) is 57.3 Å². The molecular formula is C18H19N3O2. The van der Waals surface area contributed by atoms with Crippen LogP contribution in [-0.4, -0.2) is 46.6 Å². The number of benzene rings is 1. The van der Waals surface area contributed by atoms with Crippen molar-refractivity contribution in [3.8, 4) is 0 Å². The van der Waals surface area contributed by atoms with Gasteiger partial charge in [0.15, 0.2) is 5.78 Å². The van der Waals surface area contributed by atoms with Crippen molar-refractivity contribution in [3.63, 3.8) is 0 Å². The van der Waals surface area contributed by atoms with Crippen LogP contribution in [0.5, 0.6) is 0 Å². The fourth-order valence-corrected chi connectivity index (χ4v) is 2.88. The molecule has 0 atom stereocenters. The van der Waals surface area contributed by atoms with Gasteiger partial charge in [0.1, 0.15) is 0 Å². The molecule has 2 heterocycles. The fraction of sp³-hybridized carbons (Fsp3) is 0.222. The van der Waals surface area contributed by atoms with E-state index < -0.39 is 0 Å². The molecule has 0 radical (unpaired) electrons. The molecule has 23 heavy (non-hydrogen) atoms. The lowest BCUT2D eigenvalue weighted by molar-refractivity contribution is 0.0961. The molecule has 0 bridgehead atoms. The second-order valence-electron chi connectivity index (χ2n) is 5.91. The van der Waals surface area contributed by atoms with Crippen LogP contribution in [0.25, 0.3) is 16.4 Å². The zero-order valence-electron chi connectivity index (χ0n) is 13.4. The second-order valence-corrected chi connectivity index (χ2v) is 5.91. The third kappa shape index (κ3) is 2.59. The van der Waals surface area contributed by atoms with Crippen LogP contribution in [-0.2, 0) is 0 Å². The summed E-state index contributed by atoms with van der Waals surface area (Å²) in [5.41, 5.74) is 3.93.